The summed E-state index contributed by atoms with van der Waals surface area (Å²) in [4.78, 5) is 146. The fourth-order valence-corrected chi connectivity index (χ4v) is 9.26. The summed E-state index contributed by atoms with van der Waals surface area (Å²) in [6.07, 6.45) is 12.1. The number of carbonyl (C=O) groups is 11. The number of aromatic nitrogens is 10. The number of hydrogen-bond acceptors (Lipinski definition) is 14. The molecule has 0 aromatic carbocycles. The topological polar surface area (TPSA) is 425 Å². The van der Waals surface area contributed by atoms with Gasteiger partial charge in [-0.1, -0.05) is 0 Å². The van der Waals surface area contributed by atoms with Gasteiger partial charge in [-0.15, -0.1) is 0 Å². The van der Waals surface area contributed by atoms with E-state index >= 15 is 0 Å². The van der Waals surface area contributed by atoms with Gasteiger partial charge in [-0.3, -0.25) is 57.4 Å². The number of nitrogens with two attached hydrogens (primary N) is 2. The molecule has 466 valence electrons. The molecule has 0 saturated heterocycles. The average molecular weight is 1220 g/mol. The van der Waals surface area contributed by atoms with Gasteiger partial charge in [0, 0.05) is 144 Å². The van der Waals surface area contributed by atoms with E-state index in [0.29, 0.717) is 17.1 Å². The van der Waals surface area contributed by atoms with Crippen LogP contribution in [0.3, 0.4) is 0 Å². The van der Waals surface area contributed by atoms with Crippen LogP contribution in [0.25, 0.3) is 0 Å². The first kappa shape index (κ1) is 63.3. The van der Waals surface area contributed by atoms with Crippen LogP contribution >= 0.6 is 0 Å². The third-order valence-corrected chi connectivity index (χ3v) is 13.8. The molecule has 0 unspecified atom stereocenters. The van der Waals surface area contributed by atoms with Crippen molar-refractivity contribution < 1.29 is 52.7 Å². The molecular formula is C56H66N22O11. The summed E-state index contributed by atoms with van der Waals surface area (Å²) < 4.78 is 11.8. The van der Waals surface area contributed by atoms with Crippen molar-refractivity contribution in [1.82, 2.24) is 62.7 Å². The quantitative estimate of drug-likeness (QED) is 0.0378. The molecule has 33 heteroatoms. The molecule has 0 spiro atoms. The Kier molecular flexibility index (Phi) is 19.2. The summed E-state index contributed by atoms with van der Waals surface area (Å²) in [5.41, 5.74) is 14.6. The number of imidazole rings is 1. The lowest BCUT2D eigenvalue weighted by Gasteiger charge is -2.12. The highest BCUT2D eigenvalue weighted by Crippen LogP contribution is 2.22. The largest absolute Gasteiger partial charge is 0.364 e. The fraction of sp³-hybridized carbons (Fsp3) is 0.268. The molecule has 0 bridgehead atoms. The van der Waals surface area contributed by atoms with Crippen molar-refractivity contribution in [3.05, 3.63) is 138 Å². The number of amides is 11. The van der Waals surface area contributed by atoms with Crippen LogP contribution < -0.4 is 64.6 Å². The van der Waals surface area contributed by atoms with E-state index in [1.165, 1.54) is 119 Å². The van der Waals surface area contributed by atoms with E-state index in [2.05, 4.69) is 63.3 Å². The van der Waals surface area contributed by atoms with E-state index in [1.54, 1.807) is 66.3 Å². The van der Waals surface area contributed by atoms with Crippen LogP contribution in [0.4, 0.5) is 39.9 Å². The fourth-order valence-electron chi connectivity index (χ4n) is 9.26. The van der Waals surface area contributed by atoms with Gasteiger partial charge in [0.15, 0.2) is 11.6 Å². The molecule has 0 saturated carbocycles. The number of hydrogen-bond donors (Lipinski definition) is 12. The minimum absolute atomic E-state index is 0.00540. The first-order valence-electron chi connectivity index (χ1n) is 27.3. The molecule has 0 aliphatic rings. The summed E-state index contributed by atoms with van der Waals surface area (Å²) in [6, 6.07) is 9.01. The van der Waals surface area contributed by atoms with Crippen molar-refractivity contribution >= 4 is 105 Å². The van der Waals surface area contributed by atoms with Crippen LogP contribution in [0.5, 0.6) is 0 Å². The van der Waals surface area contributed by atoms with Crippen LogP contribution in [0, 0.1) is 0 Å². The average Bonchev–Trinajstić information content (AvgIpc) is 2.48. The lowest BCUT2D eigenvalue weighted by molar-refractivity contribution is -0.118. The second kappa shape index (κ2) is 27.1. The Morgan fingerprint density at radius 2 is 0.775 bits per heavy atom. The first-order valence-corrected chi connectivity index (χ1v) is 27.3. The lowest BCUT2D eigenvalue weighted by atomic mass is 10.2. The maximum absolute atomic E-state index is 13.5. The smallest absolute Gasteiger partial charge is 0.291 e. The van der Waals surface area contributed by atoms with Gasteiger partial charge in [-0.2, -0.15) is 5.10 Å². The molecule has 0 aliphatic carbocycles. The highest BCUT2D eigenvalue weighted by atomic mass is 16.2. The van der Waals surface area contributed by atoms with E-state index in [1.807, 2.05) is 0 Å². The minimum atomic E-state index is -1.08. The molecule has 8 heterocycles. The van der Waals surface area contributed by atoms with Gasteiger partial charge in [-0.05, 0) is 42.8 Å². The zero-order valence-electron chi connectivity index (χ0n) is 49.6. The van der Waals surface area contributed by atoms with E-state index < -0.39 is 71.0 Å². The SMILES string of the molecule is Cn1cc(NC(=O)CCNC(=O)c2cc(NC(=O)c3cc(NC(=O)c4cc(NC(=O)[C@H](N)CCNC(=O)c5cc(NC(=O)c6cc(NC(=O)CCNC(=O)c7cc(NC(=O)c8nccn8C)cn7C)nn6C)cn5C)cn4C)cn3C)cn2C)cc1C(N)=O. The minimum Gasteiger partial charge on any atom is -0.364 e. The van der Waals surface area contributed by atoms with Crippen molar-refractivity contribution in [3.63, 3.8) is 0 Å². The number of carbonyl (C=O) groups excluding carboxylic acids is 11. The summed E-state index contributed by atoms with van der Waals surface area (Å²) in [5.74, 6) is -5.53. The predicted molar refractivity (Wildman–Crippen MR) is 324 cm³/mol. The Bertz CT molecular complexity index is 4100. The third kappa shape index (κ3) is 15.6. The number of nitrogens with one attached hydrogen (secondary N) is 10. The highest BCUT2D eigenvalue weighted by Gasteiger charge is 2.24. The van der Waals surface area contributed by atoms with Gasteiger partial charge in [0.2, 0.25) is 17.7 Å². The third-order valence-electron chi connectivity index (χ3n) is 13.8. The number of aryl methyl sites for hydroxylation is 8. The molecule has 89 heavy (non-hydrogen) atoms. The standard InChI is InChI=1S/C56H66N22O11/c1-71-16-15-59-48(71)56(89)68-35-20-40(75(5)29-35)52(85)62-14-11-46(80)69-44-23-43(78(8)70-44)55(88)67-33-19-38(74(4)27-33)50(83)60-12-9-36(57)49(82)64-31-21-41(76(6)25-31)53(86)66-34-22-42(77(7)28-34)54(87)65-32-18-39(73(3)26-32)51(84)61-13-10-45(79)63-30-17-37(47(58)81)72(2)24-30/h15-29,36H,9-14,57H2,1-8H3,(H2,58,81)(H,60,83)(H,61,84)(H,62,85)(H,63,79)(H,64,82)(H,65,87)(H,66,86)(H,67,88)(H,68,89)(H,69,70,80)/t36-/m1/s1. The highest BCUT2D eigenvalue weighted by molar-refractivity contribution is 6.09. The predicted octanol–water partition coefficient (Wildman–Crippen LogP) is 0.896. The summed E-state index contributed by atoms with van der Waals surface area (Å²) in [5, 5.41) is 31.1. The maximum atomic E-state index is 13.5. The zero-order chi connectivity index (χ0) is 64.5. The molecule has 33 nitrogen and oxygen atoms in total. The van der Waals surface area contributed by atoms with Crippen molar-refractivity contribution in [1.29, 1.82) is 0 Å². The zero-order valence-corrected chi connectivity index (χ0v) is 49.6. The monoisotopic (exact) mass is 1220 g/mol. The number of anilines is 7. The normalized spacial score (nSPS) is 11.3. The molecule has 8 aromatic heterocycles. The van der Waals surface area contributed by atoms with Crippen LogP contribution in [-0.4, -0.2) is 137 Å². The van der Waals surface area contributed by atoms with Crippen LogP contribution in [0.15, 0.2) is 92.0 Å². The second-order valence-corrected chi connectivity index (χ2v) is 20.7. The Morgan fingerprint density at radius 3 is 1.19 bits per heavy atom. The molecule has 8 rings (SSSR count). The van der Waals surface area contributed by atoms with Crippen LogP contribution in [0.2, 0.25) is 0 Å². The maximum Gasteiger partial charge on any atom is 0.291 e. The Morgan fingerprint density at radius 1 is 0.416 bits per heavy atom. The summed E-state index contributed by atoms with van der Waals surface area (Å²) >= 11 is 0. The first-order chi connectivity index (χ1) is 42.2. The van der Waals surface area contributed by atoms with Gasteiger partial charge < -0.3 is 96.6 Å². The molecule has 0 aliphatic heterocycles. The molecule has 0 radical (unpaired) electrons. The molecular weight excluding hydrogens is 1160 g/mol. The van der Waals surface area contributed by atoms with E-state index in [0.717, 1.165) is 0 Å². The van der Waals surface area contributed by atoms with Gasteiger partial charge in [0.25, 0.3) is 47.3 Å². The van der Waals surface area contributed by atoms with E-state index in [4.69, 9.17) is 11.5 Å². The molecule has 0 fully saturated rings. The van der Waals surface area contributed by atoms with Crippen molar-refractivity contribution in [2.24, 2.45) is 67.8 Å². The Labute approximate surface area is 506 Å². The van der Waals surface area contributed by atoms with Gasteiger partial charge in [0.1, 0.15) is 39.9 Å². The molecule has 14 N–H and O–H groups in total. The second-order valence-electron chi connectivity index (χ2n) is 20.7. The van der Waals surface area contributed by atoms with Crippen LogP contribution in [0.1, 0.15) is 103 Å². The van der Waals surface area contributed by atoms with E-state index in [9.17, 15) is 52.7 Å². The number of primary amides is 1. The molecule has 11 amide bonds. The van der Waals surface area contributed by atoms with Gasteiger partial charge >= 0.3 is 0 Å². The Hall–Kier alpha value is -11.8. The van der Waals surface area contributed by atoms with Gasteiger partial charge in [-0.25, -0.2) is 4.98 Å². The van der Waals surface area contributed by atoms with E-state index in [-0.39, 0.29) is 107 Å². The number of nitrogens with zero attached hydrogens (tertiary/aromatic N) is 10. The molecule has 1 atom stereocenters. The number of rotatable bonds is 25. The summed E-state index contributed by atoms with van der Waals surface area (Å²) in [6.45, 7) is -0.0500. The van der Waals surface area contributed by atoms with Crippen molar-refractivity contribution in [3.8, 4) is 0 Å². The van der Waals surface area contributed by atoms with Gasteiger partial charge in [0.05, 0.1) is 40.2 Å². The van der Waals surface area contributed by atoms with Crippen LogP contribution in [-0.2, 0) is 70.8 Å². The Balaban J connectivity index is 0.735. The van der Waals surface area contributed by atoms with Crippen molar-refractivity contribution in [2.45, 2.75) is 25.3 Å². The lowest BCUT2D eigenvalue weighted by Crippen LogP contribution is -2.39. The summed E-state index contributed by atoms with van der Waals surface area (Å²) in [7, 11) is 12.8. The van der Waals surface area contributed by atoms with Crippen molar-refractivity contribution in [2.75, 3.05) is 56.9 Å². The molecule has 8 aromatic rings.